The van der Waals surface area contributed by atoms with Gasteiger partial charge in [0.1, 0.15) is 11.6 Å². The Hall–Kier alpha value is -0.840. The van der Waals surface area contributed by atoms with E-state index in [-0.39, 0.29) is 11.9 Å². The third-order valence-electron chi connectivity index (χ3n) is 2.72. The Bertz CT molecular complexity index is 570. The third-order valence-corrected chi connectivity index (χ3v) is 3.92. The van der Waals surface area contributed by atoms with Crippen LogP contribution in [0.15, 0.2) is 33.4 Å². The van der Waals surface area contributed by atoms with Gasteiger partial charge < -0.3 is 9.73 Å². The molecule has 2 rings (SSSR count). The van der Waals surface area contributed by atoms with Crippen molar-refractivity contribution in [2.45, 2.75) is 13.0 Å². The number of halogens is 3. The molecular weight excluding hydrogens is 321 g/mol. The van der Waals surface area contributed by atoms with Crippen LogP contribution in [0.25, 0.3) is 0 Å². The van der Waals surface area contributed by atoms with Crippen LogP contribution >= 0.6 is 27.5 Å². The molecule has 1 aromatic carbocycles. The van der Waals surface area contributed by atoms with Gasteiger partial charge in [-0.15, -0.1) is 0 Å². The van der Waals surface area contributed by atoms with Gasteiger partial charge in [-0.3, -0.25) is 0 Å². The summed E-state index contributed by atoms with van der Waals surface area (Å²) < 4.78 is 19.8. The van der Waals surface area contributed by atoms with E-state index < -0.39 is 0 Å². The van der Waals surface area contributed by atoms with Crippen molar-refractivity contribution in [2.75, 3.05) is 7.05 Å². The highest BCUT2D eigenvalue weighted by Gasteiger charge is 2.19. The molecule has 2 nitrogen and oxygen atoms in total. The smallest absolute Gasteiger partial charge is 0.129 e. The van der Waals surface area contributed by atoms with Crippen molar-refractivity contribution in [1.29, 1.82) is 0 Å². The van der Waals surface area contributed by atoms with E-state index >= 15 is 0 Å². The number of nitrogens with one attached hydrogen (secondary N) is 1. The lowest BCUT2D eigenvalue weighted by Gasteiger charge is -2.16. The van der Waals surface area contributed by atoms with Crippen LogP contribution in [0.3, 0.4) is 0 Å². The van der Waals surface area contributed by atoms with E-state index in [0.717, 1.165) is 11.3 Å². The molecule has 96 valence electrons. The molecule has 0 saturated carbocycles. The average molecular weight is 333 g/mol. The van der Waals surface area contributed by atoms with Gasteiger partial charge in [-0.2, -0.15) is 0 Å². The Balaban J connectivity index is 2.48. The minimum absolute atomic E-state index is 0.284. The molecule has 2 aromatic rings. The molecule has 0 fully saturated rings. The van der Waals surface area contributed by atoms with E-state index in [1.54, 1.807) is 19.4 Å². The maximum atomic E-state index is 14.0. The molecule has 5 heteroatoms. The molecule has 0 radical (unpaired) electrons. The van der Waals surface area contributed by atoms with E-state index in [2.05, 4.69) is 21.2 Å². The lowest BCUT2D eigenvalue weighted by atomic mass is 10.0. The SMILES string of the molecule is CNC(c1coc(C)c1)c1cc(Cl)c(Br)cc1F. The normalized spacial score (nSPS) is 12.7. The summed E-state index contributed by atoms with van der Waals surface area (Å²) in [6.07, 6.45) is 1.62. The lowest BCUT2D eigenvalue weighted by Crippen LogP contribution is -2.18. The molecule has 1 atom stereocenters. The molecule has 0 amide bonds. The van der Waals surface area contributed by atoms with Crippen molar-refractivity contribution < 1.29 is 8.81 Å². The van der Waals surface area contributed by atoms with Gasteiger partial charge in [0.2, 0.25) is 0 Å². The highest BCUT2D eigenvalue weighted by Crippen LogP contribution is 2.32. The van der Waals surface area contributed by atoms with Crippen LogP contribution in [0, 0.1) is 12.7 Å². The molecule has 1 heterocycles. The summed E-state index contributed by atoms with van der Waals surface area (Å²) in [6, 6.07) is 4.57. The minimum atomic E-state index is -0.315. The first-order chi connectivity index (χ1) is 8.52. The fourth-order valence-corrected chi connectivity index (χ4v) is 2.36. The van der Waals surface area contributed by atoms with Crippen LogP contribution in [0.4, 0.5) is 4.39 Å². The van der Waals surface area contributed by atoms with Gasteiger partial charge in [0.15, 0.2) is 0 Å². The van der Waals surface area contributed by atoms with Crippen LogP contribution in [0.5, 0.6) is 0 Å². The zero-order chi connectivity index (χ0) is 13.3. The molecular formula is C13H12BrClFNO. The van der Waals surface area contributed by atoms with Crippen molar-refractivity contribution >= 4 is 27.5 Å². The van der Waals surface area contributed by atoms with E-state index in [0.29, 0.717) is 15.1 Å². The van der Waals surface area contributed by atoms with Gasteiger partial charge in [0, 0.05) is 15.6 Å². The zero-order valence-electron chi connectivity index (χ0n) is 9.93. The number of hydrogen-bond acceptors (Lipinski definition) is 2. The second-order valence-electron chi connectivity index (χ2n) is 4.00. The van der Waals surface area contributed by atoms with Gasteiger partial charge in [-0.05, 0) is 48.1 Å². The summed E-state index contributed by atoms with van der Waals surface area (Å²) in [5.41, 5.74) is 1.36. The van der Waals surface area contributed by atoms with Crippen molar-refractivity contribution in [3.63, 3.8) is 0 Å². The standard InChI is InChI=1S/C13H12BrClFNO/c1-7-3-8(6-18-7)13(17-2)9-4-11(15)10(14)5-12(9)16/h3-6,13,17H,1-2H3. The molecule has 18 heavy (non-hydrogen) atoms. The largest absolute Gasteiger partial charge is 0.469 e. The molecule has 1 unspecified atom stereocenters. The van der Waals surface area contributed by atoms with E-state index in [1.165, 1.54) is 6.07 Å². The summed E-state index contributed by atoms with van der Waals surface area (Å²) in [6.45, 7) is 1.85. The Kier molecular flexibility index (Phi) is 4.10. The average Bonchev–Trinajstić information content (AvgIpc) is 2.73. The first-order valence-corrected chi connectivity index (χ1v) is 6.56. The van der Waals surface area contributed by atoms with Crippen LogP contribution in [0.2, 0.25) is 5.02 Å². The van der Waals surface area contributed by atoms with Crippen LogP contribution in [0.1, 0.15) is 22.9 Å². The summed E-state index contributed by atoms with van der Waals surface area (Å²) in [5, 5.41) is 3.54. The quantitative estimate of drug-likeness (QED) is 0.840. The number of hydrogen-bond donors (Lipinski definition) is 1. The van der Waals surface area contributed by atoms with E-state index in [4.69, 9.17) is 16.0 Å². The highest BCUT2D eigenvalue weighted by molar-refractivity contribution is 9.10. The molecule has 0 bridgehead atoms. The van der Waals surface area contributed by atoms with Gasteiger partial charge in [0.25, 0.3) is 0 Å². The number of benzene rings is 1. The summed E-state index contributed by atoms with van der Waals surface area (Å²) in [7, 11) is 1.77. The van der Waals surface area contributed by atoms with Crippen molar-refractivity contribution in [3.05, 3.63) is 56.7 Å². The van der Waals surface area contributed by atoms with Gasteiger partial charge in [-0.1, -0.05) is 11.6 Å². The first-order valence-electron chi connectivity index (χ1n) is 5.39. The van der Waals surface area contributed by atoms with Gasteiger partial charge in [-0.25, -0.2) is 4.39 Å². The summed E-state index contributed by atoms with van der Waals surface area (Å²) >= 11 is 9.22. The maximum Gasteiger partial charge on any atom is 0.129 e. The highest BCUT2D eigenvalue weighted by atomic mass is 79.9. The number of aryl methyl sites for hydroxylation is 1. The molecule has 0 saturated heterocycles. The zero-order valence-corrected chi connectivity index (χ0v) is 12.3. The second-order valence-corrected chi connectivity index (χ2v) is 5.26. The lowest BCUT2D eigenvalue weighted by molar-refractivity contribution is 0.524. The van der Waals surface area contributed by atoms with Crippen LogP contribution in [-0.2, 0) is 0 Å². The molecule has 0 aliphatic heterocycles. The fourth-order valence-electron chi connectivity index (χ4n) is 1.88. The molecule has 0 aliphatic carbocycles. The maximum absolute atomic E-state index is 14.0. The Morgan fingerprint density at radius 1 is 1.39 bits per heavy atom. The topological polar surface area (TPSA) is 25.2 Å². The van der Waals surface area contributed by atoms with Gasteiger partial charge >= 0.3 is 0 Å². The molecule has 0 aliphatic rings. The molecule has 0 spiro atoms. The van der Waals surface area contributed by atoms with Crippen molar-refractivity contribution in [1.82, 2.24) is 5.32 Å². The van der Waals surface area contributed by atoms with Crippen LogP contribution in [-0.4, -0.2) is 7.05 Å². The minimum Gasteiger partial charge on any atom is -0.469 e. The third kappa shape index (κ3) is 2.60. The van der Waals surface area contributed by atoms with E-state index in [9.17, 15) is 4.39 Å². The Morgan fingerprint density at radius 3 is 2.67 bits per heavy atom. The predicted molar refractivity (Wildman–Crippen MR) is 73.5 cm³/mol. The Labute approximate surface area is 118 Å². The fraction of sp³-hybridized carbons (Fsp3) is 0.231. The molecule has 1 aromatic heterocycles. The first kappa shape index (κ1) is 13.6. The van der Waals surface area contributed by atoms with Gasteiger partial charge in [0.05, 0.1) is 17.3 Å². The van der Waals surface area contributed by atoms with Crippen LogP contribution < -0.4 is 5.32 Å². The predicted octanol–water partition coefficient (Wildman–Crippen LogP) is 4.45. The van der Waals surface area contributed by atoms with E-state index in [1.807, 2.05) is 13.0 Å². The second kappa shape index (κ2) is 5.43. The van der Waals surface area contributed by atoms with Crippen molar-refractivity contribution in [3.8, 4) is 0 Å². The number of rotatable bonds is 3. The summed E-state index contributed by atoms with van der Waals surface area (Å²) in [4.78, 5) is 0. The van der Waals surface area contributed by atoms with Crippen molar-refractivity contribution in [2.24, 2.45) is 0 Å². The Morgan fingerprint density at radius 2 is 2.11 bits per heavy atom. The number of furan rings is 1. The summed E-state index contributed by atoms with van der Waals surface area (Å²) in [5.74, 6) is 0.471. The molecule has 1 N–H and O–H groups in total. The monoisotopic (exact) mass is 331 g/mol.